The van der Waals surface area contributed by atoms with Crippen LogP contribution in [0.1, 0.15) is 24.5 Å². The lowest BCUT2D eigenvalue weighted by Crippen LogP contribution is -2.16. The number of hydrazine groups is 1. The Morgan fingerprint density at radius 1 is 1.10 bits per heavy atom. The molecule has 0 bridgehead atoms. The number of anilines is 1. The van der Waals surface area contributed by atoms with E-state index in [4.69, 9.17) is 5.84 Å². The van der Waals surface area contributed by atoms with Gasteiger partial charge in [-0.15, -0.1) is 0 Å². The van der Waals surface area contributed by atoms with Gasteiger partial charge in [0.25, 0.3) is 11.9 Å². The highest BCUT2D eigenvalue weighted by molar-refractivity contribution is 5.31. The normalized spacial score (nSPS) is 14.3. The molecule has 3 N–H and O–H groups in total. The van der Waals surface area contributed by atoms with Crippen LogP contribution in [-0.4, -0.2) is 34.5 Å². The minimum atomic E-state index is 0.258. The van der Waals surface area contributed by atoms with Crippen LogP contribution < -0.4 is 11.3 Å². The summed E-state index contributed by atoms with van der Waals surface area (Å²) in [5, 5.41) is 8.61. The Hall–Kier alpha value is -2.81. The second-order valence-electron chi connectivity index (χ2n) is 4.81. The number of nitrogens with zero attached hydrogens (tertiary/aromatic N) is 7. The van der Waals surface area contributed by atoms with E-state index in [9.17, 15) is 0 Å². The maximum absolute atomic E-state index is 5.42. The molecule has 0 saturated heterocycles. The highest BCUT2D eigenvalue weighted by Crippen LogP contribution is 2.38. The summed E-state index contributed by atoms with van der Waals surface area (Å²) in [5.41, 5.74) is 3.50. The number of nitrogen functional groups attached to an aromatic ring is 1. The quantitative estimate of drug-likeness (QED) is 0.526. The zero-order valence-corrected chi connectivity index (χ0v) is 11.1. The number of hydrogen-bond donors (Lipinski definition) is 2. The van der Waals surface area contributed by atoms with Gasteiger partial charge < -0.3 is 0 Å². The van der Waals surface area contributed by atoms with Gasteiger partial charge in [0.05, 0.1) is 5.69 Å². The van der Waals surface area contributed by atoms with Crippen molar-refractivity contribution in [2.75, 3.05) is 5.43 Å². The molecule has 3 heterocycles. The average molecular weight is 283 g/mol. The molecule has 1 fully saturated rings. The molecule has 1 aliphatic carbocycles. The van der Waals surface area contributed by atoms with Gasteiger partial charge >= 0.3 is 0 Å². The Balaban J connectivity index is 1.77. The Morgan fingerprint density at radius 2 is 1.90 bits per heavy atom. The van der Waals surface area contributed by atoms with E-state index in [-0.39, 0.29) is 5.95 Å². The average Bonchev–Trinajstić information content (AvgIpc) is 3.05. The van der Waals surface area contributed by atoms with Crippen LogP contribution in [0, 0.1) is 0 Å². The molecule has 0 aliphatic heterocycles. The summed E-state index contributed by atoms with van der Waals surface area (Å²) in [6.07, 6.45) is 7.64. The molecule has 0 unspecified atom stereocenters. The maximum atomic E-state index is 5.42. The van der Waals surface area contributed by atoms with Crippen LogP contribution in [0.25, 0.3) is 11.9 Å². The molecule has 9 heteroatoms. The Morgan fingerprint density at radius 3 is 2.57 bits per heavy atom. The van der Waals surface area contributed by atoms with Crippen LogP contribution in [-0.2, 0) is 0 Å². The van der Waals surface area contributed by atoms with Crippen molar-refractivity contribution in [3.05, 3.63) is 36.4 Å². The zero-order chi connectivity index (χ0) is 14.2. The molecule has 9 nitrogen and oxygen atoms in total. The monoisotopic (exact) mass is 283 g/mol. The first kappa shape index (κ1) is 12.0. The first-order chi connectivity index (χ1) is 10.3. The topological polar surface area (TPSA) is 112 Å². The van der Waals surface area contributed by atoms with Gasteiger partial charge in [-0.05, 0) is 25.0 Å². The largest absolute Gasteiger partial charge is 0.292 e. The summed E-state index contributed by atoms with van der Waals surface area (Å²) in [6, 6.07) is 3.78. The third-order valence-corrected chi connectivity index (χ3v) is 3.26. The second kappa shape index (κ2) is 4.63. The van der Waals surface area contributed by atoms with E-state index in [1.54, 1.807) is 23.1 Å². The molecule has 3 aromatic heterocycles. The number of nitrogens with two attached hydrogens (primary N) is 1. The van der Waals surface area contributed by atoms with E-state index in [0.29, 0.717) is 17.8 Å². The fraction of sp³-hybridized carbons (Fsp3) is 0.250. The second-order valence-corrected chi connectivity index (χ2v) is 4.81. The van der Waals surface area contributed by atoms with Crippen molar-refractivity contribution in [2.45, 2.75) is 18.8 Å². The van der Waals surface area contributed by atoms with Crippen LogP contribution in [0.15, 0.2) is 30.7 Å². The molecule has 0 atom stereocenters. The van der Waals surface area contributed by atoms with Crippen LogP contribution in [0.3, 0.4) is 0 Å². The third kappa shape index (κ3) is 2.23. The van der Waals surface area contributed by atoms with Gasteiger partial charge in [-0.3, -0.25) is 5.43 Å². The van der Waals surface area contributed by atoms with E-state index in [0.717, 1.165) is 5.69 Å². The van der Waals surface area contributed by atoms with Crippen LogP contribution >= 0.6 is 0 Å². The Kier molecular flexibility index (Phi) is 2.64. The van der Waals surface area contributed by atoms with E-state index in [1.165, 1.54) is 17.5 Å². The van der Waals surface area contributed by atoms with Gasteiger partial charge in [0.15, 0.2) is 0 Å². The number of rotatable bonds is 4. The van der Waals surface area contributed by atoms with Crippen molar-refractivity contribution in [3.63, 3.8) is 0 Å². The Labute approximate surface area is 119 Å². The highest BCUT2D eigenvalue weighted by atomic mass is 15.4. The minimum absolute atomic E-state index is 0.258. The van der Waals surface area contributed by atoms with E-state index in [2.05, 4.69) is 30.6 Å². The van der Waals surface area contributed by atoms with Crippen LogP contribution in [0.2, 0.25) is 0 Å². The molecule has 106 valence electrons. The molecular weight excluding hydrogens is 270 g/mol. The van der Waals surface area contributed by atoms with E-state index in [1.807, 2.05) is 12.3 Å². The lowest BCUT2D eigenvalue weighted by molar-refractivity contribution is 0.736. The predicted octanol–water partition coefficient (Wildman–Crippen LogP) is 0.406. The summed E-state index contributed by atoms with van der Waals surface area (Å²) in [7, 11) is 0. The van der Waals surface area contributed by atoms with Crippen LogP contribution in [0.4, 0.5) is 5.95 Å². The number of hydrogen-bond acceptors (Lipinski definition) is 7. The third-order valence-electron chi connectivity index (χ3n) is 3.26. The molecule has 3 aromatic rings. The molecular formula is C12H13N9. The molecule has 4 rings (SSSR count). The highest BCUT2D eigenvalue weighted by Gasteiger charge is 2.26. The number of nitrogens with one attached hydrogen (secondary N) is 1. The van der Waals surface area contributed by atoms with Crippen molar-refractivity contribution in [1.29, 1.82) is 0 Å². The zero-order valence-electron chi connectivity index (χ0n) is 11.1. The van der Waals surface area contributed by atoms with Gasteiger partial charge in [-0.2, -0.15) is 25.1 Å². The van der Waals surface area contributed by atoms with Gasteiger partial charge in [-0.25, -0.2) is 15.2 Å². The summed E-state index contributed by atoms with van der Waals surface area (Å²) in [6.45, 7) is 0. The van der Waals surface area contributed by atoms with Gasteiger partial charge in [0.1, 0.15) is 0 Å². The molecule has 21 heavy (non-hydrogen) atoms. The SMILES string of the molecule is NNc1nc(-n2cccn2)nc(-n2ccc(C3CC3)n2)n1. The molecule has 0 amide bonds. The fourth-order valence-electron chi connectivity index (χ4n) is 2.06. The first-order valence-electron chi connectivity index (χ1n) is 6.62. The smallest absolute Gasteiger partial charge is 0.257 e. The van der Waals surface area contributed by atoms with Crippen molar-refractivity contribution in [3.8, 4) is 11.9 Å². The van der Waals surface area contributed by atoms with Gasteiger partial charge in [-0.1, -0.05) is 0 Å². The van der Waals surface area contributed by atoms with Crippen molar-refractivity contribution < 1.29 is 0 Å². The molecule has 0 radical (unpaired) electrons. The fourth-order valence-corrected chi connectivity index (χ4v) is 2.06. The van der Waals surface area contributed by atoms with Crippen molar-refractivity contribution in [1.82, 2.24) is 34.5 Å². The lowest BCUT2D eigenvalue weighted by atomic mass is 10.3. The molecule has 0 spiro atoms. The molecule has 0 aromatic carbocycles. The molecule has 1 saturated carbocycles. The summed E-state index contributed by atoms with van der Waals surface area (Å²) >= 11 is 0. The summed E-state index contributed by atoms with van der Waals surface area (Å²) < 4.78 is 3.17. The van der Waals surface area contributed by atoms with Crippen molar-refractivity contribution >= 4 is 5.95 Å². The lowest BCUT2D eigenvalue weighted by Gasteiger charge is -2.06. The van der Waals surface area contributed by atoms with E-state index >= 15 is 0 Å². The van der Waals surface area contributed by atoms with Crippen molar-refractivity contribution in [2.24, 2.45) is 5.84 Å². The van der Waals surface area contributed by atoms with E-state index < -0.39 is 0 Å². The standard InChI is InChI=1S/C12H13N9/c13-18-10-15-11(20-6-1-5-14-20)17-12(16-10)21-7-4-9(19-21)8-2-3-8/h1,4-8H,2-3,13H2,(H,15,16,17,18). The summed E-state index contributed by atoms with van der Waals surface area (Å²) in [4.78, 5) is 12.8. The minimum Gasteiger partial charge on any atom is -0.292 e. The van der Waals surface area contributed by atoms with Crippen LogP contribution in [0.5, 0.6) is 0 Å². The Bertz CT molecular complexity index is 757. The van der Waals surface area contributed by atoms with Gasteiger partial charge in [0.2, 0.25) is 5.95 Å². The maximum Gasteiger partial charge on any atom is 0.257 e. The molecule has 1 aliphatic rings. The predicted molar refractivity (Wildman–Crippen MR) is 73.9 cm³/mol. The van der Waals surface area contributed by atoms with Gasteiger partial charge in [0, 0.05) is 24.5 Å². The summed E-state index contributed by atoms with van der Waals surface area (Å²) in [5.74, 6) is 7.03. The number of aromatic nitrogens is 7. The first-order valence-corrected chi connectivity index (χ1v) is 6.62.